The van der Waals surface area contributed by atoms with Crippen LogP contribution >= 0.6 is 0 Å². The van der Waals surface area contributed by atoms with E-state index in [0.29, 0.717) is 11.8 Å². The molecule has 0 bridgehead atoms. The molecule has 112 valence electrons. The highest BCUT2D eigenvalue weighted by atomic mass is 19.3. The van der Waals surface area contributed by atoms with Crippen LogP contribution in [0, 0.1) is 17.8 Å². The van der Waals surface area contributed by atoms with Crippen molar-refractivity contribution in [3.63, 3.8) is 0 Å². The van der Waals surface area contributed by atoms with Gasteiger partial charge in [0.25, 0.3) is 0 Å². The molecule has 2 nitrogen and oxygen atoms in total. The number of aliphatic hydroxyl groups excluding tert-OH is 1. The van der Waals surface area contributed by atoms with Gasteiger partial charge in [-0.1, -0.05) is 32.4 Å². The van der Waals surface area contributed by atoms with Crippen LogP contribution in [0.4, 0.5) is 8.78 Å². The third kappa shape index (κ3) is 3.69. The molecule has 1 N–H and O–H groups in total. The summed E-state index contributed by atoms with van der Waals surface area (Å²) in [5.74, 6) is 1.70. The Morgan fingerprint density at radius 3 is 2.30 bits per heavy atom. The van der Waals surface area contributed by atoms with Crippen molar-refractivity contribution in [3.8, 4) is 5.75 Å². The number of hydrogen-bond donors (Lipinski definition) is 1. The topological polar surface area (TPSA) is 29.5 Å². The van der Waals surface area contributed by atoms with Crippen LogP contribution in [0.5, 0.6) is 5.75 Å². The van der Waals surface area contributed by atoms with Gasteiger partial charge in [0.05, 0.1) is 6.10 Å². The fourth-order valence-corrected chi connectivity index (χ4v) is 2.99. The van der Waals surface area contributed by atoms with Gasteiger partial charge in [-0.05, 0) is 48.3 Å². The van der Waals surface area contributed by atoms with Crippen LogP contribution in [0.15, 0.2) is 24.3 Å². The summed E-state index contributed by atoms with van der Waals surface area (Å²) in [6.45, 7) is 1.67. The lowest BCUT2D eigenvalue weighted by molar-refractivity contribution is -0.0498. The molecule has 0 saturated heterocycles. The highest BCUT2D eigenvalue weighted by Crippen LogP contribution is 2.40. The predicted molar refractivity (Wildman–Crippen MR) is 73.7 cm³/mol. The minimum Gasteiger partial charge on any atom is -0.435 e. The normalized spacial score (nSPS) is 28.4. The number of halogens is 2. The average Bonchev–Trinajstić information content (AvgIpc) is 2.41. The Kier molecular flexibility index (Phi) is 4.97. The molecule has 1 aliphatic rings. The van der Waals surface area contributed by atoms with Crippen LogP contribution in [-0.2, 0) is 0 Å². The lowest BCUT2D eigenvalue weighted by atomic mass is 9.73. The van der Waals surface area contributed by atoms with E-state index < -0.39 is 12.7 Å². The number of alkyl halides is 2. The summed E-state index contributed by atoms with van der Waals surface area (Å²) in [5, 5.41) is 10.4. The summed E-state index contributed by atoms with van der Waals surface area (Å²) in [6.07, 6.45) is 2.64. The third-order valence-electron chi connectivity index (χ3n) is 4.53. The van der Waals surface area contributed by atoms with E-state index in [4.69, 9.17) is 0 Å². The van der Waals surface area contributed by atoms with Crippen LogP contribution in [0.25, 0.3) is 0 Å². The lowest BCUT2D eigenvalue weighted by Crippen LogP contribution is -2.25. The molecule has 4 heteroatoms. The monoisotopic (exact) mass is 284 g/mol. The molecular weight excluding hydrogens is 262 g/mol. The van der Waals surface area contributed by atoms with Crippen LogP contribution in [0.2, 0.25) is 0 Å². The molecule has 4 atom stereocenters. The van der Waals surface area contributed by atoms with Gasteiger partial charge in [0, 0.05) is 0 Å². The lowest BCUT2D eigenvalue weighted by Gasteiger charge is -2.34. The molecule has 1 saturated carbocycles. The third-order valence-corrected chi connectivity index (χ3v) is 4.53. The molecule has 0 spiro atoms. The molecule has 1 aromatic rings. The maximum atomic E-state index is 12.1. The second-order valence-corrected chi connectivity index (χ2v) is 5.92. The maximum Gasteiger partial charge on any atom is 0.387 e. The standard InChI is InChI=1S/C16H22F2O2/c1-10-3-4-13(9-11(10)2)15(19)12-5-7-14(8-6-12)20-16(17)18/h5-8,10-11,13,15-16,19H,3-4,9H2,1-2H3. The maximum absolute atomic E-state index is 12.1. The Morgan fingerprint density at radius 1 is 1.10 bits per heavy atom. The van der Waals surface area contributed by atoms with Crippen LogP contribution < -0.4 is 4.74 Å². The minimum atomic E-state index is -2.81. The first-order valence-corrected chi connectivity index (χ1v) is 7.20. The van der Waals surface area contributed by atoms with E-state index in [1.54, 1.807) is 12.1 Å². The summed E-state index contributed by atoms with van der Waals surface area (Å²) in [4.78, 5) is 0. The van der Waals surface area contributed by atoms with Gasteiger partial charge in [-0.3, -0.25) is 0 Å². The van der Waals surface area contributed by atoms with Crippen molar-refractivity contribution >= 4 is 0 Å². The highest BCUT2D eigenvalue weighted by Gasteiger charge is 2.29. The summed E-state index contributed by atoms with van der Waals surface area (Å²) in [6, 6.07) is 6.31. The number of hydrogen-bond acceptors (Lipinski definition) is 2. The summed E-state index contributed by atoms with van der Waals surface area (Å²) in [5.41, 5.74) is 0.776. The van der Waals surface area contributed by atoms with Crippen molar-refractivity contribution < 1.29 is 18.6 Å². The predicted octanol–water partition coefficient (Wildman–Crippen LogP) is 4.39. The van der Waals surface area contributed by atoms with Gasteiger partial charge in [0.15, 0.2) is 0 Å². The SMILES string of the molecule is CC1CCC(C(O)c2ccc(OC(F)F)cc2)CC1C. The number of rotatable bonds is 4. The van der Waals surface area contributed by atoms with Crippen molar-refractivity contribution in [3.05, 3.63) is 29.8 Å². The van der Waals surface area contributed by atoms with Crippen LogP contribution in [0.3, 0.4) is 0 Å². The largest absolute Gasteiger partial charge is 0.435 e. The van der Waals surface area contributed by atoms with E-state index in [-0.39, 0.29) is 11.7 Å². The zero-order valence-corrected chi connectivity index (χ0v) is 11.9. The van der Waals surface area contributed by atoms with Crippen molar-refractivity contribution in [2.24, 2.45) is 17.8 Å². The van der Waals surface area contributed by atoms with Crippen molar-refractivity contribution in [2.45, 2.75) is 45.8 Å². The van der Waals surface area contributed by atoms with Crippen molar-refractivity contribution in [2.75, 3.05) is 0 Å². The zero-order valence-electron chi connectivity index (χ0n) is 11.9. The van der Waals surface area contributed by atoms with E-state index in [1.165, 1.54) is 12.1 Å². The van der Waals surface area contributed by atoms with Gasteiger partial charge >= 0.3 is 6.61 Å². The first kappa shape index (κ1) is 15.2. The molecule has 4 unspecified atom stereocenters. The molecule has 1 fully saturated rings. The van der Waals surface area contributed by atoms with E-state index in [9.17, 15) is 13.9 Å². The number of ether oxygens (including phenoxy) is 1. The van der Waals surface area contributed by atoms with E-state index in [2.05, 4.69) is 18.6 Å². The Bertz CT molecular complexity index is 419. The van der Waals surface area contributed by atoms with Crippen molar-refractivity contribution in [1.29, 1.82) is 0 Å². The van der Waals surface area contributed by atoms with Gasteiger partial charge in [-0.25, -0.2) is 0 Å². The van der Waals surface area contributed by atoms with Gasteiger partial charge in [-0.2, -0.15) is 8.78 Å². The van der Waals surface area contributed by atoms with E-state index in [1.807, 2.05) is 0 Å². The smallest absolute Gasteiger partial charge is 0.387 e. The molecule has 0 amide bonds. The minimum absolute atomic E-state index is 0.126. The van der Waals surface area contributed by atoms with Crippen LogP contribution in [-0.4, -0.2) is 11.7 Å². The Balaban J connectivity index is 2.00. The first-order chi connectivity index (χ1) is 9.47. The Morgan fingerprint density at radius 2 is 1.75 bits per heavy atom. The highest BCUT2D eigenvalue weighted by molar-refractivity contribution is 5.28. The fraction of sp³-hybridized carbons (Fsp3) is 0.625. The summed E-state index contributed by atoms with van der Waals surface area (Å²) < 4.78 is 28.5. The molecule has 0 radical (unpaired) electrons. The Hall–Kier alpha value is -1.16. The van der Waals surface area contributed by atoms with E-state index in [0.717, 1.165) is 24.8 Å². The fourth-order valence-electron chi connectivity index (χ4n) is 2.99. The quantitative estimate of drug-likeness (QED) is 0.888. The average molecular weight is 284 g/mol. The molecular formula is C16H22F2O2. The zero-order chi connectivity index (χ0) is 14.7. The van der Waals surface area contributed by atoms with Gasteiger partial charge in [0.2, 0.25) is 0 Å². The Labute approximate surface area is 118 Å². The molecule has 0 heterocycles. The summed E-state index contributed by atoms with van der Waals surface area (Å²) >= 11 is 0. The van der Waals surface area contributed by atoms with Gasteiger partial charge < -0.3 is 9.84 Å². The van der Waals surface area contributed by atoms with Crippen molar-refractivity contribution in [1.82, 2.24) is 0 Å². The summed E-state index contributed by atoms with van der Waals surface area (Å²) in [7, 11) is 0. The molecule has 1 aromatic carbocycles. The second-order valence-electron chi connectivity index (χ2n) is 5.92. The molecule has 0 aliphatic heterocycles. The molecule has 0 aromatic heterocycles. The number of aliphatic hydroxyl groups is 1. The molecule has 1 aliphatic carbocycles. The van der Waals surface area contributed by atoms with Crippen LogP contribution in [0.1, 0.15) is 44.8 Å². The first-order valence-electron chi connectivity index (χ1n) is 7.20. The van der Waals surface area contributed by atoms with E-state index >= 15 is 0 Å². The van der Waals surface area contributed by atoms with Gasteiger partial charge in [0.1, 0.15) is 5.75 Å². The molecule has 20 heavy (non-hydrogen) atoms. The second kappa shape index (κ2) is 6.53. The van der Waals surface area contributed by atoms with Gasteiger partial charge in [-0.15, -0.1) is 0 Å². The number of benzene rings is 1. The molecule has 2 rings (SSSR count).